The Labute approximate surface area is 101 Å². The molecule has 1 aromatic carbocycles. The van der Waals surface area contributed by atoms with Crippen LogP contribution in [0.25, 0.3) is 0 Å². The van der Waals surface area contributed by atoms with Crippen LogP contribution in [-0.2, 0) is 9.53 Å². The summed E-state index contributed by atoms with van der Waals surface area (Å²) in [6, 6.07) is 5.63. The zero-order chi connectivity index (χ0) is 12.8. The standard InChI is InChI=1S/C13H18FNO2/c1-9(2)8-17-10(3)13(16)15-12-6-4-11(14)5-7-12/h4-7,9-10H,8H2,1-3H3,(H,15,16). The number of halogens is 1. The van der Waals surface area contributed by atoms with Gasteiger partial charge in [-0.1, -0.05) is 13.8 Å². The third-order valence-electron chi connectivity index (χ3n) is 2.16. The first-order chi connectivity index (χ1) is 7.99. The van der Waals surface area contributed by atoms with Crippen molar-refractivity contribution in [2.45, 2.75) is 26.9 Å². The molecule has 1 atom stereocenters. The van der Waals surface area contributed by atoms with Crippen molar-refractivity contribution in [2.24, 2.45) is 5.92 Å². The number of amides is 1. The Morgan fingerprint density at radius 1 is 1.29 bits per heavy atom. The molecular weight excluding hydrogens is 221 g/mol. The van der Waals surface area contributed by atoms with Crippen molar-refractivity contribution in [1.29, 1.82) is 0 Å². The van der Waals surface area contributed by atoms with Crippen LogP contribution < -0.4 is 5.32 Å². The smallest absolute Gasteiger partial charge is 0.253 e. The minimum atomic E-state index is -0.512. The number of hydrogen-bond acceptors (Lipinski definition) is 2. The van der Waals surface area contributed by atoms with Crippen LogP contribution in [0.4, 0.5) is 10.1 Å². The second-order valence-corrected chi connectivity index (χ2v) is 4.37. The zero-order valence-electron chi connectivity index (χ0n) is 10.4. The molecule has 0 fully saturated rings. The molecule has 0 radical (unpaired) electrons. The summed E-state index contributed by atoms with van der Waals surface area (Å²) in [5.41, 5.74) is 0.566. The number of carbonyl (C=O) groups is 1. The topological polar surface area (TPSA) is 38.3 Å². The van der Waals surface area contributed by atoms with Crippen LogP contribution in [0.2, 0.25) is 0 Å². The molecule has 17 heavy (non-hydrogen) atoms. The minimum absolute atomic E-state index is 0.225. The van der Waals surface area contributed by atoms with Crippen molar-refractivity contribution in [3.05, 3.63) is 30.1 Å². The van der Waals surface area contributed by atoms with E-state index in [2.05, 4.69) is 5.32 Å². The molecule has 1 aromatic rings. The fourth-order valence-corrected chi connectivity index (χ4v) is 1.19. The van der Waals surface area contributed by atoms with Gasteiger partial charge in [0.05, 0.1) is 0 Å². The first-order valence-electron chi connectivity index (χ1n) is 5.67. The maximum Gasteiger partial charge on any atom is 0.253 e. The van der Waals surface area contributed by atoms with E-state index >= 15 is 0 Å². The summed E-state index contributed by atoms with van der Waals surface area (Å²) in [7, 11) is 0. The van der Waals surface area contributed by atoms with E-state index in [1.54, 1.807) is 6.92 Å². The molecule has 0 aromatic heterocycles. The van der Waals surface area contributed by atoms with Gasteiger partial charge in [-0.05, 0) is 37.1 Å². The highest BCUT2D eigenvalue weighted by atomic mass is 19.1. The highest BCUT2D eigenvalue weighted by Crippen LogP contribution is 2.09. The van der Waals surface area contributed by atoms with Gasteiger partial charge in [0.15, 0.2) is 0 Å². The molecule has 0 saturated heterocycles. The molecule has 0 aliphatic heterocycles. The zero-order valence-corrected chi connectivity index (χ0v) is 10.4. The third kappa shape index (κ3) is 4.95. The number of nitrogens with one attached hydrogen (secondary N) is 1. The lowest BCUT2D eigenvalue weighted by Crippen LogP contribution is -2.28. The van der Waals surface area contributed by atoms with Gasteiger partial charge in [-0.3, -0.25) is 4.79 Å². The molecule has 0 aliphatic carbocycles. The molecular formula is C13H18FNO2. The van der Waals surface area contributed by atoms with Crippen molar-refractivity contribution in [2.75, 3.05) is 11.9 Å². The molecule has 94 valence electrons. The number of carbonyl (C=O) groups excluding carboxylic acids is 1. The maximum absolute atomic E-state index is 12.7. The van der Waals surface area contributed by atoms with Gasteiger partial charge in [0.1, 0.15) is 11.9 Å². The van der Waals surface area contributed by atoms with Crippen molar-refractivity contribution in [3.63, 3.8) is 0 Å². The molecule has 0 bridgehead atoms. The van der Waals surface area contributed by atoms with E-state index in [-0.39, 0.29) is 11.7 Å². The van der Waals surface area contributed by atoms with E-state index in [0.29, 0.717) is 18.2 Å². The second-order valence-electron chi connectivity index (χ2n) is 4.37. The Bertz CT molecular complexity index is 362. The summed E-state index contributed by atoms with van der Waals surface area (Å²) >= 11 is 0. The summed E-state index contributed by atoms with van der Waals surface area (Å²) < 4.78 is 18.0. The molecule has 0 heterocycles. The quantitative estimate of drug-likeness (QED) is 0.858. The Hall–Kier alpha value is -1.42. The average molecular weight is 239 g/mol. The lowest BCUT2D eigenvalue weighted by molar-refractivity contribution is -0.126. The Morgan fingerprint density at radius 3 is 2.41 bits per heavy atom. The SMILES string of the molecule is CC(C)COC(C)C(=O)Nc1ccc(F)cc1. The van der Waals surface area contributed by atoms with Crippen molar-refractivity contribution >= 4 is 11.6 Å². The van der Waals surface area contributed by atoms with E-state index in [4.69, 9.17) is 4.74 Å². The normalized spacial score (nSPS) is 12.5. The Balaban J connectivity index is 2.45. The molecule has 0 spiro atoms. The van der Waals surface area contributed by atoms with Crippen LogP contribution in [-0.4, -0.2) is 18.6 Å². The number of anilines is 1. The lowest BCUT2D eigenvalue weighted by atomic mass is 10.2. The van der Waals surface area contributed by atoms with Gasteiger partial charge in [-0.15, -0.1) is 0 Å². The van der Waals surface area contributed by atoms with E-state index in [9.17, 15) is 9.18 Å². The fourth-order valence-electron chi connectivity index (χ4n) is 1.19. The van der Waals surface area contributed by atoms with Gasteiger partial charge in [0.25, 0.3) is 5.91 Å². The highest BCUT2D eigenvalue weighted by molar-refractivity contribution is 5.93. The first-order valence-corrected chi connectivity index (χ1v) is 5.67. The van der Waals surface area contributed by atoms with Crippen LogP contribution >= 0.6 is 0 Å². The Kier molecular flexibility index (Phi) is 5.10. The summed E-state index contributed by atoms with van der Waals surface area (Å²) in [6.45, 7) is 6.27. The van der Waals surface area contributed by atoms with Gasteiger partial charge in [-0.2, -0.15) is 0 Å². The minimum Gasteiger partial charge on any atom is -0.368 e. The van der Waals surface area contributed by atoms with Crippen molar-refractivity contribution in [3.8, 4) is 0 Å². The van der Waals surface area contributed by atoms with E-state index in [1.807, 2.05) is 13.8 Å². The van der Waals surface area contributed by atoms with Crippen LogP contribution in [0.15, 0.2) is 24.3 Å². The van der Waals surface area contributed by atoms with Gasteiger partial charge in [0, 0.05) is 12.3 Å². The lowest BCUT2D eigenvalue weighted by Gasteiger charge is -2.14. The molecule has 1 amide bonds. The summed E-state index contributed by atoms with van der Waals surface area (Å²) in [5.74, 6) is -0.166. The summed E-state index contributed by atoms with van der Waals surface area (Å²) in [6.07, 6.45) is -0.512. The number of hydrogen-bond donors (Lipinski definition) is 1. The van der Waals surface area contributed by atoms with Crippen LogP contribution in [0.1, 0.15) is 20.8 Å². The van der Waals surface area contributed by atoms with Crippen molar-refractivity contribution in [1.82, 2.24) is 0 Å². The van der Waals surface area contributed by atoms with Gasteiger partial charge >= 0.3 is 0 Å². The Morgan fingerprint density at radius 2 is 1.88 bits per heavy atom. The van der Waals surface area contributed by atoms with E-state index in [0.717, 1.165) is 0 Å². The van der Waals surface area contributed by atoms with Crippen LogP contribution in [0.5, 0.6) is 0 Å². The molecule has 3 nitrogen and oxygen atoms in total. The monoisotopic (exact) mass is 239 g/mol. The summed E-state index contributed by atoms with van der Waals surface area (Å²) in [5, 5.41) is 2.66. The number of ether oxygens (including phenoxy) is 1. The van der Waals surface area contributed by atoms with Crippen molar-refractivity contribution < 1.29 is 13.9 Å². The van der Waals surface area contributed by atoms with Crippen LogP contribution in [0.3, 0.4) is 0 Å². The molecule has 1 rings (SSSR count). The maximum atomic E-state index is 12.7. The third-order valence-corrected chi connectivity index (χ3v) is 2.16. The molecule has 1 N–H and O–H groups in total. The van der Waals surface area contributed by atoms with Gasteiger partial charge in [-0.25, -0.2) is 4.39 Å². The molecule has 1 unspecified atom stereocenters. The molecule has 0 aliphatic rings. The highest BCUT2D eigenvalue weighted by Gasteiger charge is 2.13. The summed E-state index contributed by atoms with van der Waals surface area (Å²) in [4.78, 5) is 11.7. The molecule has 4 heteroatoms. The van der Waals surface area contributed by atoms with E-state index < -0.39 is 6.10 Å². The predicted molar refractivity (Wildman–Crippen MR) is 65.3 cm³/mol. The fraction of sp³-hybridized carbons (Fsp3) is 0.462. The number of rotatable bonds is 5. The number of benzene rings is 1. The predicted octanol–water partition coefficient (Wildman–Crippen LogP) is 2.83. The van der Waals surface area contributed by atoms with E-state index in [1.165, 1.54) is 24.3 Å². The first kappa shape index (κ1) is 13.6. The average Bonchev–Trinajstić information content (AvgIpc) is 2.28. The molecule has 0 saturated carbocycles. The largest absolute Gasteiger partial charge is 0.368 e. The van der Waals surface area contributed by atoms with Gasteiger partial charge < -0.3 is 10.1 Å². The van der Waals surface area contributed by atoms with Gasteiger partial charge in [0.2, 0.25) is 0 Å². The second kappa shape index (κ2) is 6.35. The van der Waals surface area contributed by atoms with Crippen LogP contribution in [0, 0.1) is 11.7 Å².